The lowest BCUT2D eigenvalue weighted by atomic mass is 10.0. The van der Waals surface area contributed by atoms with Crippen LogP contribution in [0.1, 0.15) is 0 Å². The van der Waals surface area contributed by atoms with E-state index in [4.69, 9.17) is 14.2 Å². The van der Waals surface area contributed by atoms with Gasteiger partial charge in [-0.2, -0.15) is 4.37 Å². The van der Waals surface area contributed by atoms with Crippen molar-refractivity contribution in [2.24, 2.45) is 0 Å². The third-order valence-electron chi connectivity index (χ3n) is 3.99. The average Bonchev–Trinajstić information content (AvgIpc) is 3.06. The summed E-state index contributed by atoms with van der Waals surface area (Å²) >= 11 is 1.31. The largest absolute Gasteiger partial charge is 0.497 e. The Morgan fingerprint density at radius 1 is 1.12 bits per heavy atom. The molecule has 2 aromatic carbocycles. The number of rotatable bonds is 3. The monoisotopic (exact) mass is 356 g/mol. The van der Waals surface area contributed by atoms with Gasteiger partial charge in [-0.3, -0.25) is 10.1 Å². The summed E-state index contributed by atoms with van der Waals surface area (Å²) in [5, 5.41) is 13.0. The molecule has 0 amide bonds. The quantitative estimate of drug-likeness (QED) is 0.397. The van der Waals surface area contributed by atoms with E-state index in [-0.39, 0.29) is 5.69 Å². The van der Waals surface area contributed by atoms with Gasteiger partial charge in [0.1, 0.15) is 11.5 Å². The van der Waals surface area contributed by atoms with Gasteiger partial charge >= 0.3 is 0 Å². The molecule has 8 heteroatoms. The van der Waals surface area contributed by atoms with Crippen molar-refractivity contribution in [1.29, 1.82) is 0 Å². The number of hydrogen-bond donors (Lipinski definition) is 0. The van der Waals surface area contributed by atoms with Crippen LogP contribution in [-0.2, 0) is 0 Å². The van der Waals surface area contributed by atoms with Crippen molar-refractivity contribution in [3.8, 4) is 45.4 Å². The summed E-state index contributed by atoms with van der Waals surface area (Å²) in [5.74, 6) is 1.91. The summed E-state index contributed by atoms with van der Waals surface area (Å²) in [6, 6.07) is 8.06. The van der Waals surface area contributed by atoms with Crippen LogP contribution in [0.25, 0.3) is 22.4 Å². The van der Waals surface area contributed by atoms with Crippen LogP contribution in [0.15, 0.2) is 35.7 Å². The second-order valence-corrected chi connectivity index (χ2v) is 5.95. The fraction of sp³-hybridized carbons (Fsp3) is 0.118. The molecule has 25 heavy (non-hydrogen) atoms. The van der Waals surface area contributed by atoms with E-state index in [1.807, 2.05) is 11.4 Å². The van der Waals surface area contributed by atoms with Crippen LogP contribution in [0.4, 0.5) is 5.69 Å². The summed E-state index contributed by atoms with van der Waals surface area (Å²) < 4.78 is 21.3. The number of aromatic nitrogens is 1. The van der Waals surface area contributed by atoms with E-state index >= 15 is 0 Å². The molecule has 1 aliphatic heterocycles. The first-order chi connectivity index (χ1) is 12.1. The first-order valence-electron chi connectivity index (χ1n) is 7.30. The standard InChI is InChI=1S/C17H12N2O5S/c1-22-10-6-12-16-13(8-25-18-16)11-4-3-9(19(20)21)5-14(11)24-17(12)15(7-10)23-2/h3-8H,1-2H3. The molecule has 0 bridgehead atoms. The van der Waals surface area contributed by atoms with Crippen LogP contribution < -0.4 is 14.2 Å². The number of nitrogens with zero attached hydrogens (tertiary/aromatic N) is 2. The van der Waals surface area contributed by atoms with E-state index in [1.54, 1.807) is 19.2 Å². The van der Waals surface area contributed by atoms with Gasteiger partial charge in [-0.25, -0.2) is 0 Å². The van der Waals surface area contributed by atoms with Crippen molar-refractivity contribution in [3.05, 3.63) is 45.8 Å². The topological polar surface area (TPSA) is 83.7 Å². The van der Waals surface area contributed by atoms with E-state index < -0.39 is 4.92 Å². The van der Waals surface area contributed by atoms with Gasteiger partial charge in [-0.05, 0) is 23.7 Å². The molecule has 4 rings (SSSR count). The number of nitro groups is 1. The zero-order valence-corrected chi connectivity index (χ0v) is 14.1. The van der Waals surface area contributed by atoms with Gasteiger partial charge in [-0.15, -0.1) is 0 Å². The molecule has 1 aromatic heterocycles. The minimum Gasteiger partial charge on any atom is -0.497 e. The maximum absolute atomic E-state index is 11.1. The number of methoxy groups -OCH3 is 2. The molecule has 2 heterocycles. The van der Waals surface area contributed by atoms with Crippen LogP contribution in [0, 0.1) is 10.1 Å². The summed E-state index contributed by atoms with van der Waals surface area (Å²) in [4.78, 5) is 10.7. The molecule has 1 aliphatic rings. The second-order valence-electron chi connectivity index (χ2n) is 5.32. The van der Waals surface area contributed by atoms with Crippen molar-refractivity contribution < 1.29 is 19.1 Å². The number of benzene rings is 2. The molecule has 0 fully saturated rings. The molecule has 0 spiro atoms. The van der Waals surface area contributed by atoms with Crippen molar-refractivity contribution in [2.75, 3.05) is 14.2 Å². The van der Waals surface area contributed by atoms with Crippen molar-refractivity contribution >= 4 is 17.2 Å². The maximum atomic E-state index is 11.1. The van der Waals surface area contributed by atoms with Crippen molar-refractivity contribution in [1.82, 2.24) is 4.37 Å². The smallest absolute Gasteiger partial charge is 0.273 e. The van der Waals surface area contributed by atoms with Gasteiger partial charge in [0.25, 0.3) is 5.69 Å². The Morgan fingerprint density at radius 3 is 2.68 bits per heavy atom. The lowest BCUT2D eigenvalue weighted by molar-refractivity contribution is -0.384. The first kappa shape index (κ1) is 15.4. The number of non-ortho nitro benzene ring substituents is 1. The fourth-order valence-electron chi connectivity index (χ4n) is 2.79. The minimum absolute atomic E-state index is 0.0422. The van der Waals surface area contributed by atoms with Gasteiger partial charge in [0, 0.05) is 28.6 Å². The lowest BCUT2D eigenvalue weighted by Gasteiger charge is -2.14. The zero-order valence-electron chi connectivity index (χ0n) is 13.3. The van der Waals surface area contributed by atoms with Crippen molar-refractivity contribution in [3.63, 3.8) is 0 Å². The molecule has 0 saturated heterocycles. The molecule has 0 radical (unpaired) electrons. The second kappa shape index (κ2) is 5.75. The number of hydrogen-bond acceptors (Lipinski definition) is 7. The van der Waals surface area contributed by atoms with E-state index in [0.29, 0.717) is 28.6 Å². The van der Waals surface area contributed by atoms with Crippen molar-refractivity contribution in [2.45, 2.75) is 0 Å². The van der Waals surface area contributed by atoms with Gasteiger partial charge in [-0.1, -0.05) is 0 Å². The van der Waals surface area contributed by atoms with E-state index in [1.165, 1.54) is 30.8 Å². The highest BCUT2D eigenvalue weighted by Crippen LogP contribution is 2.52. The van der Waals surface area contributed by atoms with Gasteiger partial charge in [0.15, 0.2) is 11.5 Å². The fourth-order valence-corrected chi connectivity index (χ4v) is 3.49. The summed E-state index contributed by atoms with van der Waals surface area (Å²) in [7, 11) is 3.10. The normalized spacial score (nSPS) is 11.4. The Hall–Kier alpha value is -3.13. The predicted octanol–water partition coefficient (Wildman–Crippen LogP) is 4.51. The third kappa shape index (κ3) is 2.38. The Labute approximate surface area is 146 Å². The molecule has 0 N–H and O–H groups in total. The van der Waals surface area contributed by atoms with Crippen LogP contribution in [0.5, 0.6) is 23.0 Å². The summed E-state index contributed by atoms with van der Waals surface area (Å²) in [6.07, 6.45) is 0. The van der Waals surface area contributed by atoms with Crippen LogP contribution in [-0.4, -0.2) is 23.5 Å². The summed E-state index contributed by atoms with van der Waals surface area (Å²) in [6.45, 7) is 0. The van der Waals surface area contributed by atoms with E-state index in [9.17, 15) is 10.1 Å². The highest BCUT2D eigenvalue weighted by atomic mass is 32.1. The van der Waals surface area contributed by atoms with Gasteiger partial charge < -0.3 is 14.2 Å². The number of ether oxygens (including phenoxy) is 3. The number of nitro benzene ring substituents is 1. The molecule has 0 unspecified atom stereocenters. The molecule has 7 nitrogen and oxygen atoms in total. The molecule has 0 aliphatic carbocycles. The lowest BCUT2D eigenvalue weighted by Crippen LogP contribution is -1.95. The van der Waals surface area contributed by atoms with Gasteiger partial charge in [0.2, 0.25) is 0 Å². The molecule has 0 atom stereocenters. The Morgan fingerprint density at radius 2 is 1.96 bits per heavy atom. The highest BCUT2D eigenvalue weighted by Gasteiger charge is 2.27. The SMILES string of the molecule is COc1cc(OC)c2c(c1)-c1nscc1-c1ccc([N+](=O)[O-])cc1O2. The number of fused-ring (bicyclic) bond motifs is 5. The zero-order chi connectivity index (χ0) is 17.6. The Bertz CT molecular complexity index is 999. The van der Waals surface area contributed by atoms with Gasteiger partial charge in [0.05, 0.1) is 36.5 Å². The van der Waals surface area contributed by atoms with E-state index in [0.717, 1.165) is 16.8 Å². The van der Waals surface area contributed by atoms with Crippen LogP contribution in [0.2, 0.25) is 0 Å². The molecular formula is C17H12N2O5S. The van der Waals surface area contributed by atoms with E-state index in [2.05, 4.69) is 4.37 Å². The minimum atomic E-state index is -0.451. The Kier molecular flexibility index (Phi) is 3.54. The molecule has 0 saturated carbocycles. The van der Waals surface area contributed by atoms with Crippen LogP contribution >= 0.6 is 11.5 Å². The molecule has 3 aromatic rings. The van der Waals surface area contributed by atoms with Crippen LogP contribution in [0.3, 0.4) is 0 Å². The maximum Gasteiger partial charge on any atom is 0.273 e. The highest BCUT2D eigenvalue weighted by molar-refractivity contribution is 7.04. The summed E-state index contributed by atoms with van der Waals surface area (Å²) in [5.41, 5.74) is 2.99. The first-order valence-corrected chi connectivity index (χ1v) is 8.13. The molecule has 126 valence electrons. The average molecular weight is 356 g/mol. The Balaban J connectivity index is 2.03. The molecular weight excluding hydrogens is 344 g/mol. The third-order valence-corrected chi connectivity index (χ3v) is 4.62. The predicted molar refractivity (Wildman–Crippen MR) is 92.8 cm³/mol.